The fourth-order valence-electron chi connectivity index (χ4n) is 7.53. The number of rotatable bonds is 20. The van der Waals surface area contributed by atoms with E-state index in [0.717, 1.165) is 0 Å². The van der Waals surface area contributed by atoms with Crippen LogP contribution < -0.4 is 0 Å². The van der Waals surface area contributed by atoms with Crippen LogP contribution in [0.15, 0.2) is 0 Å². The Bertz CT molecular complexity index is 1490. The van der Waals surface area contributed by atoms with Gasteiger partial charge in [-0.3, -0.25) is 0 Å². The van der Waals surface area contributed by atoms with Crippen LogP contribution in [0.25, 0.3) is 0 Å². The summed E-state index contributed by atoms with van der Waals surface area (Å²) in [6.45, 7) is -4.82. The number of hydrogen-bond donors (Lipinski definition) is 20. The minimum atomic E-state index is -2.14. The van der Waals surface area contributed by atoms with Crippen LogP contribution in [0.4, 0.5) is 0 Å². The van der Waals surface area contributed by atoms with Gasteiger partial charge in [-0.25, -0.2) is 0 Å². The molecule has 20 N–H and O–H groups in total. The van der Waals surface area contributed by atoms with E-state index in [1.165, 1.54) is 0 Å². The van der Waals surface area contributed by atoms with Gasteiger partial charge >= 0.3 is 0 Å². The summed E-state index contributed by atoms with van der Waals surface area (Å²) in [6.07, 6.45) is -54.2. The Hall–Kier alpha value is -1.53. The van der Waals surface area contributed by atoms with Crippen molar-refractivity contribution in [1.82, 2.24) is 0 Å². The smallest absolute Gasteiger partial charge is 0.186 e. The van der Waals surface area contributed by atoms with Gasteiger partial charge in [-0.1, -0.05) is 0 Å². The van der Waals surface area contributed by atoms with Gasteiger partial charge in [0.1, 0.15) is 146 Å². The average molecular weight is 991 g/mol. The summed E-state index contributed by atoms with van der Waals surface area (Å²) in [5.41, 5.74) is 0. The first-order chi connectivity index (χ1) is 31.5. The molecule has 5 aliphatic heterocycles. The van der Waals surface area contributed by atoms with Crippen LogP contribution in [0.3, 0.4) is 0 Å². The van der Waals surface area contributed by atoms with Crippen LogP contribution in [0.5, 0.6) is 0 Å². The lowest BCUT2D eigenvalue weighted by atomic mass is 9.97. The molecule has 0 aliphatic carbocycles. The van der Waals surface area contributed by atoms with E-state index in [1.807, 2.05) is 0 Å². The van der Waals surface area contributed by atoms with E-state index < -0.39 is 218 Å². The normalized spacial score (nSPS) is 48.3. The van der Waals surface area contributed by atoms with Gasteiger partial charge in [0.05, 0.1) is 39.6 Å². The van der Waals surface area contributed by atoms with Gasteiger partial charge in [0.15, 0.2) is 37.7 Å². The third kappa shape index (κ3) is 12.9. The Balaban J connectivity index is 1.14. The maximum atomic E-state index is 10.7. The summed E-state index contributed by atoms with van der Waals surface area (Å²) < 4.78 is 54.3. The second-order valence-corrected chi connectivity index (χ2v) is 16.6. The molecule has 31 nitrogen and oxygen atoms in total. The average Bonchev–Trinajstić information content (AvgIpc) is 3.32. The van der Waals surface area contributed by atoms with Gasteiger partial charge in [-0.2, -0.15) is 0 Å². The number of hydrogen-bond acceptors (Lipinski definition) is 31. The fourth-order valence-corrected chi connectivity index (χ4v) is 7.53. The molecule has 67 heavy (non-hydrogen) atoms. The van der Waals surface area contributed by atoms with Gasteiger partial charge in [-0.15, -0.1) is 0 Å². The van der Waals surface area contributed by atoms with Crippen molar-refractivity contribution in [3.05, 3.63) is 0 Å². The molecule has 0 radical (unpaired) electrons. The van der Waals surface area contributed by atoms with Gasteiger partial charge in [0.25, 0.3) is 0 Å². The van der Waals surface area contributed by atoms with Crippen LogP contribution >= 0.6 is 0 Å². The van der Waals surface area contributed by atoms with Crippen LogP contribution in [-0.2, 0) is 52.2 Å². The lowest BCUT2D eigenvalue weighted by molar-refractivity contribution is -0.351. The van der Waals surface area contributed by atoms with Gasteiger partial charge in [-0.05, 0) is 0 Å². The molecule has 5 rings (SSSR count). The van der Waals surface area contributed by atoms with E-state index in [-0.39, 0.29) is 6.29 Å². The molecule has 0 saturated carbocycles. The van der Waals surface area contributed by atoms with Crippen molar-refractivity contribution in [3.8, 4) is 0 Å². The Kier molecular flexibility index (Phi) is 20.8. The zero-order valence-corrected chi connectivity index (χ0v) is 35.0. The molecule has 0 unspecified atom stereocenters. The van der Waals surface area contributed by atoms with Crippen molar-refractivity contribution < 1.29 is 154 Å². The molecule has 5 saturated heterocycles. The van der Waals surface area contributed by atoms with Crippen molar-refractivity contribution in [2.75, 3.05) is 39.6 Å². The molecule has 31 heteroatoms. The van der Waals surface area contributed by atoms with Crippen molar-refractivity contribution in [1.29, 1.82) is 0 Å². The largest absolute Gasteiger partial charge is 0.394 e. The van der Waals surface area contributed by atoms with E-state index in [9.17, 15) is 107 Å². The molecule has 0 amide bonds. The maximum absolute atomic E-state index is 10.7. The summed E-state index contributed by atoms with van der Waals surface area (Å²) >= 11 is 0. The molecule has 0 aromatic carbocycles. The first-order valence-electron chi connectivity index (χ1n) is 20.9. The highest BCUT2D eigenvalue weighted by Crippen LogP contribution is 2.31. The zero-order valence-electron chi connectivity index (χ0n) is 35.0. The summed E-state index contributed by atoms with van der Waals surface area (Å²) in [7, 11) is 0. The SMILES string of the molecule is O=C[C@H](O)[C@@H](O)[C@H](O)[C@H](O)CO[C@H]1O[C@H](CO[C@H]2O[C@H](CO[C@H]3O[C@H](CO[C@H]4O[C@H](CO[C@H]5O[C@H](CO)[C@@H](O)[C@H](O)[C@H]5O)[C@@H](O)[C@@H](O)[C@H]4O)[C@@H](O)[C@H](O)[C@H]3O)[C@@H](O)[C@H](O)[C@H]2O)[C@@H](O)[C@H](O)[C@H]1O. The number of carbonyl (C=O) groups excluding carboxylic acids is 1. The van der Waals surface area contributed by atoms with E-state index >= 15 is 0 Å². The molecule has 0 bridgehead atoms. The van der Waals surface area contributed by atoms with Gasteiger partial charge in [0.2, 0.25) is 0 Å². The maximum Gasteiger partial charge on any atom is 0.186 e. The Morgan fingerprint density at radius 2 is 0.612 bits per heavy atom. The number of aliphatic hydroxyl groups excluding tert-OH is 20. The van der Waals surface area contributed by atoms with E-state index in [2.05, 4.69) is 0 Å². The molecule has 0 spiro atoms. The highest BCUT2D eigenvalue weighted by molar-refractivity contribution is 5.56. The molecular formula is C36H62O31. The standard InChI is InChI=1S/C36H62O31/c37-1-8(39)15(41)16(42)9(40)3-58-32-28(54)23(49)18(44)11(64-32)5-60-34-30(56)25(51)20(46)13(66-34)7-62-36-31(57)26(52)21(47)14(67-36)6-61-35-29(55)24(50)19(45)12(65-35)4-59-33-27(53)22(48)17(43)10(2-38)63-33/h1,8-36,38-57H,2-7H2/t8-,9+,10+,11+,12+,13+,14+,15+,16+,17+,18+,19+,20+,21+,22-,23-,24+,25-,26-,27+,28+,29+,30+,31+,32-,33-,34-,35-,36-/m0/s1. The zero-order chi connectivity index (χ0) is 49.8. The fraction of sp³-hybridized carbons (Fsp3) is 0.972. The summed E-state index contributed by atoms with van der Waals surface area (Å²) in [4.78, 5) is 10.7. The highest BCUT2D eigenvalue weighted by Gasteiger charge is 2.52. The third-order valence-corrected chi connectivity index (χ3v) is 11.9. The first kappa shape index (κ1) is 56.4. The van der Waals surface area contributed by atoms with Crippen molar-refractivity contribution in [3.63, 3.8) is 0 Å². The van der Waals surface area contributed by atoms with Gasteiger partial charge in [0, 0.05) is 0 Å². The summed E-state index contributed by atoms with van der Waals surface area (Å²) in [6, 6.07) is 0. The molecule has 0 aromatic heterocycles. The Labute approximate surface area is 378 Å². The van der Waals surface area contributed by atoms with Crippen molar-refractivity contribution in [2.24, 2.45) is 0 Å². The molecule has 29 atom stereocenters. The second kappa shape index (κ2) is 24.7. The monoisotopic (exact) mass is 990 g/mol. The van der Waals surface area contributed by atoms with Crippen LogP contribution in [0.1, 0.15) is 0 Å². The Morgan fingerprint density at radius 3 is 0.881 bits per heavy atom. The van der Waals surface area contributed by atoms with Crippen LogP contribution in [0, 0.1) is 0 Å². The van der Waals surface area contributed by atoms with E-state index in [4.69, 9.17) is 47.4 Å². The first-order valence-corrected chi connectivity index (χ1v) is 20.9. The topological polar surface area (TPSA) is 514 Å². The minimum Gasteiger partial charge on any atom is -0.394 e. The molecular weight excluding hydrogens is 928 g/mol. The molecule has 0 aromatic rings. The van der Waals surface area contributed by atoms with Crippen LogP contribution in [-0.4, -0.2) is 326 Å². The predicted octanol–water partition coefficient (Wildman–Crippen LogP) is -14.3. The lowest BCUT2D eigenvalue weighted by Gasteiger charge is -2.44. The molecule has 5 aliphatic rings. The van der Waals surface area contributed by atoms with Crippen LogP contribution in [0.2, 0.25) is 0 Å². The van der Waals surface area contributed by atoms with E-state index in [0.29, 0.717) is 0 Å². The van der Waals surface area contributed by atoms with Crippen molar-refractivity contribution in [2.45, 2.75) is 178 Å². The van der Waals surface area contributed by atoms with E-state index in [1.54, 1.807) is 0 Å². The number of aliphatic hydroxyl groups is 20. The van der Waals surface area contributed by atoms with Gasteiger partial charge < -0.3 is 154 Å². The highest BCUT2D eigenvalue weighted by atomic mass is 16.8. The number of aldehydes is 1. The van der Waals surface area contributed by atoms with Crippen molar-refractivity contribution >= 4 is 6.29 Å². The molecule has 392 valence electrons. The second-order valence-electron chi connectivity index (χ2n) is 16.6. The minimum absolute atomic E-state index is 0.108. The summed E-state index contributed by atoms with van der Waals surface area (Å²) in [5, 5.41) is 206. The number of ether oxygens (including phenoxy) is 10. The quantitative estimate of drug-likeness (QED) is 0.0504. The number of carbonyl (C=O) groups is 1. The third-order valence-electron chi connectivity index (χ3n) is 11.9. The molecule has 5 heterocycles. The predicted molar refractivity (Wildman–Crippen MR) is 200 cm³/mol. The lowest BCUT2D eigenvalue weighted by Crippen LogP contribution is -2.63. The molecule has 5 fully saturated rings. The summed E-state index contributed by atoms with van der Waals surface area (Å²) in [5.74, 6) is 0. The Morgan fingerprint density at radius 1 is 0.358 bits per heavy atom.